The third kappa shape index (κ3) is 1.87. The zero-order valence-corrected chi connectivity index (χ0v) is 7.64. The quantitative estimate of drug-likeness (QED) is 0.787. The lowest BCUT2D eigenvalue weighted by molar-refractivity contribution is 0.342. The molecular weight excluding hydrogens is 180 g/mol. The summed E-state index contributed by atoms with van der Waals surface area (Å²) in [5.74, 6) is 0.549. The van der Waals surface area contributed by atoms with Crippen LogP contribution in [0.3, 0.4) is 0 Å². The molecule has 1 N–H and O–H groups in total. The predicted molar refractivity (Wildman–Crippen MR) is 49.3 cm³/mol. The van der Waals surface area contributed by atoms with Crippen LogP contribution in [0.5, 0.6) is 5.88 Å². The molecule has 0 saturated carbocycles. The molecule has 0 unspecified atom stereocenters. The molecule has 0 spiro atoms. The lowest BCUT2D eigenvalue weighted by atomic mass is 10.3. The van der Waals surface area contributed by atoms with E-state index in [9.17, 15) is 0 Å². The van der Waals surface area contributed by atoms with Crippen molar-refractivity contribution in [2.45, 2.75) is 6.92 Å². The Kier molecular flexibility index (Phi) is 2.40. The number of ether oxygens (including phenoxy) is 1. The van der Waals surface area contributed by atoms with E-state index in [-0.39, 0.29) is 0 Å². The molecule has 1 radical (unpaired) electrons. The summed E-state index contributed by atoms with van der Waals surface area (Å²) >= 11 is 0. The van der Waals surface area contributed by atoms with Gasteiger partial charge in [-0.1, -0.05) is 11.3 Å². The second-order valence-electron chi connectivity index (χ2n) is 2.68. The van der Waals surface area contributed by atoms with Gasteiger partial charge in [0.2, 0.25) is 5.88 Å². The van der Waals surface area contributed by atoms with Crippen LogP contribution in [0, 0.1) is 6.10 Å². The van der Waals surface area contributed by atoms with Gasteiger partial charge in [-0.15, -0.1) is 5.10 Å². The first-order chi connectivity index (χ1) is 6.86. The number of nitrogens with one attached hydrogen (secondary N) is 1. The predicted octanol–water partition coefficient (Wildman–Crippen LogP) is 1.18. The number of aromatic nitrogens is 4. The minimum absolute atomic E-state index is 0.549. The van der Waals surface area contributed by atoms with Crippen LogP contribution in [0.15, 0.2) is 30.6 Å². The number of pyridine rings is 1. The topological polar surface area (TPSA) is 63.7 Å². The van der Waals surface area contributed by atoms with E-state index < -0.39 is 0 Å². The molecule has 0 fully saturated rings. The highest BCUT2D eigenvalue weighted by Crippen LogP contribution is 2.15. The van der Waals surface area contributed by atoms with Gasteiger partial charge in [-0.3, -0.25) is 5.10 Å². The lowest BCUT2D eigenvalue weighted by Crippen LogP contribution is -2.05. The van der Waals surface area contributed by atoms with Crippen molar-refractivity contribution in [3.05, 3.63) is 42.4 Å². The van der Waals surface area contributed by atoms with Gasteiger partial charge in [0.25, 0.3) is 0 Å². The van der Waals surface area contributed by atoms with Crippen LogP contribution in [0.1, 0.15) is 12.6 Å². The van der Waals surface area contributed by atoms with E-state index in [2.05, 4.69) is 20.4 Å². The lowest BCUT2D eigenvalue weighted by Gasteiger charge is -2.08. The zero-order chi connectivity index (χ0) is 9.80. The normalized spacial score (nSPS) is 10.4. The second-order valence-corrected chi connectivity index (χ2v) is 2.68. The molecule has 2 aromatic heterocycles. The fourth-order valence-corrected chi connectivity index (χ4v) is 0.990. The SMILES string of the molecule is C[C](Oc1ccccn1)c1c[nH]nn1. The summed E-state index contributed by atoms with van der Waals surface area (Å²) < 4.78 is 5.44. The van der Waals surface area contributed by atoms with Gasteiger partial charge in [-0.05, 0) is 13.0 Å². The maximum absolute atomic E-state index is 5.44. The minimum Gasteiger partial charge on any atom is -0.460 e. The summed E-state index contributed by atoms with van der Waals surface area (Å²) in [5.41, 5.74) is 0.677. The van der Waals surface area contributed by atoms with Crippen LogP contribution in [0.25, 0.3) is 0 Å². The Labute approximate surface area is 81.1 Å². The maximum atomic E-state index is 5.44. The van der Waals surface area contributed by atoms with Crippen molar-refractivity contribution >= 4 is 0 Å². The third-order valence-corrected chi connectivity index (χ3v) is 1.67. The monoisotopic (exact) mass is 189 g/mol. The molecule has 0 aromatic carbocycles. The fraction of sp³-hybridized carbons (Fsp3) is 0.111. The largest absolute Gasteiger partial charge is 0.460 e. The van der Waals surface area contributed by atoms with Gasteiger partial charge < -0.3 is 4.74 Å². The van der Waals surface area contributed by atoms with Crippen molar-refractivity contribution in [1.29, 1.82) is 0 Å². The molecule has 5 nitrogen and oxygen atoms in total. The van der Waals surface area contributed by atoms with Crippen molar-refractivity contribution < 1.29 is 4.74 Å². The Morgan fingerprint density at radius 1 is 1.43 bits per heavy atom. The van der Waals surface area contributed by atoms with Gasteiger partial charge in [-0.2, -0.15) is 0 Å². The Morgan fingerprint density at radius 2 is 2.36 bits per heavy atom. The molecule has 0 aliphatic rings. The zero-order valence-electron chi connectivity index (χ0n) is 7.64. The molecule has 0 atom stereocenters. The summed E-state index contributed by atoms with van der Waals surface area (Å²) in [5, 5.41) is 10.0. The van der Waals surface area contributed by atoms with Crippen LogP contribution in [0.4, 0.5) is 0 Å². The molecule has 2 heterocycles. The number of nitrogens with zero attached hydrogens (tertiary/aromatic N) is 3. The molecule has 71 valence electrons. The Hall–Kier alpha value is -1.91. The molecule has 0 aliphatic carbocycles. The van der Waals surface area contributed by atoms with Gasteiger partial charge in [0.15, 0.2) is 6.10 Å². The number of H-pyrrole nitrogens is 1. The maximum Gasteiger partial charge on any atom is 0.214 e. The molecule has 0 aliphatic heterocycles. The summed E-state index contributed by atoms with van der Waals surface area (Å²) in [6.07, 6.45) is 4.00. The van der Waals surface area contributed by atoms with E-state index in [1.54, 1.807) is 18.5 Å². The summed E-state index contributed by atoms with van der Waals surface area (Å²) in [7, 11) is 0. The first kappa shape index (κ1) is 8.68. The van der Waals surface area contributed by atoms with Crippen molar-refractivity contribution in [3.8, 4) is 5.88 Å². The van der Waals surface area contributed by atoms with E-state index in [1.165, 1.54) is 0 Å². The van der Waals surface area contributed by atoms with Gasteiger partial charge in [0, 0.05) is 18.5 Å². The molecule has 5 heteroatoms. The molecular formula is C9H9N4O. The first-order valence-corrected chi connectivity index (χ1v) is 4.15. The molecule has 2 rings (SSSR count). The number of rotatable bonds is 3. The number of hydrogen-bond donors (Lipinski definition) is 1. The summed E-state index contributed by atoms with van der Waals surface area (Å²) in [4.78, 5) is 4.03. The minimum atomic E-state index is 0.549. The average molecular weight is 189 g/mol. The Morgan fingerprint density at radius 3 is 3.00 bits per heavy atom. The fourth-order valence-electron chi connectivity index (χ4n) is 0.990. The van der Waals surface area contributed by atoms with Crippen molar-refractivity contribution in [3.63, 3.8) is 0 Å². The van der Waals surface area contributed by atoms with Crippen LogP contribution in [-0.2, 0) is 0 Å². The van der Waals surface area contributed by atoms with Gasteiger partial charge in [0.05, 0.1) is 0 Å². The van der Waals surface area contributed by atoms with E-state index in [0.29, 0.717) is 17.7 Å². The van der Waals surface area contributed by atoms with Crippen molar-refractivity contribution in [2.24, 2.45) is 0 Å². The standard InChI is InChI=1S/C9H9N4O/c1-7(8-6-11-13-12-8)14-9-4-2-3-5-10-9/h2-6H,1H3,(H,11,12,13). The smallest absolute Gasteiger partial charge is 0.214 e. The molecule has 0 saturated heterocycles. The molecule has 0 amide bonds. The van der Waals surface area contributed by atoms with Crippen LogP contribution < -0.4 is 4.74 Å². The molecule has 0 bridgehead atoms. The van der Waals surface area contributed by atoms with Crippen LogP contribution in [0.2, 0.25) is 0 Å². The average Bonchev–Trinajstić information content (AvgIpc) is 2.72. The van der Waals surface area contributed by atoms with Gasteiger partial charge in [0.1, 0.15) is 5.69 Å². The van der Waals surface area contributed by atoms with Crippen molar-refractivity contribution in [2.75, 3.05) is 0 Å². The van der Waals surface area contributed by atoms with Gasteiger partial charge in [-0.25, -0.2) is 4.98 Å². The Bertz CT molecular complexity index is 373. The van der Waals surface area contributed by atoms with Crippen LogP contribution >= 0.6 is 0 Å². The van der Waals surface area contributed by atoms with E-state index in [1.807, 2.05) is 19.1 Å². The van der Waals surface area contributed by atoms with E-state index in [4.69, 9.17) is 4.74 Å². The highest BCUT2D eigenvalue weighted by Gasteiger charge is 2.11. The molecule has 14 heavy (non-hydrogen) atoms. The van der Waals surface area contributed by atoms with Crippen LogP contribution in [-0.4, -0.2) is 20.4 Å². The van der Waals surface area contributed by atoms with Crippen molar-refractivity contribution in [1.82, 2.24) is 20.4 Å². The molecule has 2 aromatic rings. The van der Waals surface area contributed by atoms with E-state index >= 15 is 0 Å². The first-order valence-electron chi connectivity index (χ1n) is 4.15. The number of hydrogen-bond acceptors (Lipinski definition) is 4. The summed E-state index contributed by atoms with van der Waals surface area (Å²) in [6, 6.07) is 5.47. The third-order valence-electron chi connectivity index (χ3n) is 1.67. The highest BCUT2D eigenvalue weighted by molar-refractivity contribution is 5.18. The van der Waals surface area contributed by atoms with E-state index in [0.717, 1.165) is 0 Å². The summed E-state index contributed by atoms with van der Waals surface area (Å²) in [6.45, 7) is 1.81. The van der Waals surface area contributed by atoms with Gasteiger partial charge >= 0.3 is 0 Å². The highest BCUT2D eigenvalue weighted by atomic mass is 16.5. The Balaban J connectivity index is 2.06. The second kappa shape index (κ2) is 3.87. The number of aromatic amines is 1.